The van der Waals surface area contributed by atoms with Crippen LogP contribution in [-0.2, 0) is 6.54 Å². The number of rotatable bonds is 4. The van der Waals surface area contributed by atoms with E-state index in [1.165, 1.54) is 12.1 Å². The maximum atomic E-state index is 13.2. The van der Waals surface area contributed by atoms with Crippen LogP contribution in [0.1, 0.15) is 22.8 Å². The molecule has 5 heteroatoms. The Balaban J connectivity index is 1.58. The SMILES string of the molecule is CC(=O)c1ccc(N2CCN(Cc3ccc(F)cc3Br)CC2)cc1. The second-order valence-electron chi connectivity index (χ2n) is 6.10. The fraction of sp³-hybridized carbons (Fsp3) is 0.316. The van der Waals surface area contributed by atoms with Gasteiger partial charge in [0, 0.05) is 48.4 Å². The molecule has 24 heavy (non-hydrogen) atoms. The van der Waals surface area contributed by atoms with Gasteiger partial charge in [-0.3, -0.25) is 9.69 Å². The molecule has 0 saturated carbocycles. The van der Waals surface area contributed by atoms with Crippen molar-refractivity contribution in [3.05, 3.63) is 63.9 Å². The van der Waals surface area contributed by atoms with Gasteiger partial charge in [0.25, 0.3) is 0 Å². The topological polar surface area (TPSA) is 23.6 Å². The van der Waals surface area contributed by atoms with E-state index in [-0.39, 0.29) is 11.6 Å². The predicted molar refractivity (Wildman–Crippen MR) is 98.0 cm³/mol. The van der Waals surface area contributed by atoms with Crippen LogP contribution in [-0.4, -0.2) is 36.9 Å². The summed E-state index contributed by atoms with van der Waals surface area (Å²) in [4.78, 5) is 16.1. The van der Waals surface area contributed by atoms with Gasteiger partial charge < -0.3 is 4.90 Å². The van der Waals surface area contributed by atoms with E-state index in [1.807, 2.05) is 30.3 Å². The summed E-state index contributed by atoms with van der Waals surface area (Å²) in [6.07, 6.45) is 0. The fourth-order valence-electron chi connectivity index (χ4n) is 2.96. The Morgan fingerprint density at radius 1 is 1.08 bits per heavy atom. The summed E-state index contributed by atoms with van der Waals surface area (Å²) in [5.41, 5.74) is 3.01. The molecule has 1 aliphatic heterocycles. The lowest BCUT2D eigenvalue weighted by Crippen LogP contribution is -2.46. The van der Waals surface area contributed by atoms with E-state index in [0.717, 1.165) is 54.0 Å². The van der Waals surface area contributed by atoms with E-state index in [1.54, 1.807) is 6.92 Å². The zero-order valence-electron chi connectivity index (χ0n) is 13.6. The van der Waals surface area contributed by atoms with Crippen molar-refractivity contribution in [2.24, 2.45) is 0 Å². The smallest absolute Gasteiger partial charge is 0.159 e. The minimum Gasteiger partial charge on any atom is -0.369 e. The van der Waals surface area contributed by atoms with Gasteiger partial charge in [0.05, 0.1) is 0 Å². The molecule has 0 N–H and O–H groups in total. The molecule has 0 aromatic heterocycles. The number of piperazine rings is 1. The minimum atomic E-state index is -0.218. The molecular formula is C19H20BrFN2O. The van der Waals surface area contributed by atoms with E-state index in [2.05, 4.69) is 25.7 Å². The fourth-order valence-corrected chi connectivity index (χ4v) is 3.44. The molecule has 0 aliphatic carbocycles. The maximum Gasteiger partial charge on any atom is 0.159 e. The summed E-state index contributed by atoms with van der Waals surface area (Å²) in [5.74, 6) is -0.124. The number of hydrogen-bond acceptors (Lipinski definition) is 3. The Morgan fingerprint density at radius 2 is 1.75 bits per heavy atom. The van der Waals surface area contributed by atoms with Gasteiger partial charge in [0.1, 0.15) is 5.82 Å². The zero-order valence-corrected chi connectivity index (χ0v) is 15.2. The number of nitrogens with zero attached hydrogens (tertiary/aromatic N) is 2. The van der Waals surface area contributed by atoms with Crippen LogP contribution in [0.5, 0.6) is 0 Å². The first-order valence-corrected chi connectivity index (χ1v) is 8.84. The molecule has 0 atom stereocenters. The highest BCUT2D eigenvalue weighted by molar-refractivity contribution is 9.10. The number of anilines is 1. The number of hydrogen-bond donors (Lipinski definition) is 0. The molecule has 0 unspecified atom stereocenters. The lowest BCUT2D eigenvalue weighted by atomic mass is 10.1. The molecule has 2 aromatic rings. The van der Waals surface area contributed by atoms with Crippen molar-refractivity contribution >= 4 is 27.4 Å². The van der Waals surface area contributed by atoms with Crippen LogP contribution in [0.15, 0.2) is 46.9 Å². The lowest BCUT2D eigenvalue weighted by molar-refractivity contribution is 0.101. The summed E-state index contributed by atoms with van der Waals surface area (Å²) in [6, 6.07) is 12.7. The molecule has 2 aromatic carbocycles. The van der Waals surface area contributed by atoms with Crippen molar-refractivity contribution in [1.29, 1.82) is 0 Å². The summed E-state index contributed by atoms with van der Waals surface area (Å²) < 4.78 is 14.0. The second-order valence-corrected chi connectivity index (χ2v) is 6.96. The van der Waals surface area contributed by atoms with Gasteiger partial charge in [0.15, 0.2) is 5.78 Å². The van der Waals surface area contributed by atoms with Crippen LogP contribution < -0.4 is 4.90 Å². The molecule has 1 saturated heterocycles. The molecule has 0 radical (unpaired) electrons. The Hall–Kier alpha value is -1.72. The molecule has 3 nitrogen and oxygen atoms in total. The van der Waals surface area contributed by atoms with Crippen molar-refractivity contribution in [3.8, 4) is 0 Å². The van der Waals surface area contributed by atoms with E-state index in [0.29, 0.717) is 0 Å². The van der Waals surface area contributed by atoms with Crippen LogP contribution >= 0.6 is 15.9 Å². The maximum absolute atomic E-state index is 13.2. The molecule has 0 amide bonds. The van der Waals surface area contributed by atoms with Gasteiger partial charge in [0.2, 0.25) is 0 Å². The van der Waals surface area contributed by atoms with Crippen LogP contribution in [0.3, 0.4) is 0 Å². The highest BCUT2D eigenvalue weighted by Gasteiger charge is 2.18. The molecular weight excluding hydrogens is 371 g/mol. The van der Waals surface area contributed by atoms with Crippen LogP contribution in [0, 0.1) is 5.82 Å². The summed E-state index contributed by atoms with van der Waals surface area (Å²) in [7, 11) is 0. The Kier molecular flexibility index (Phi) is 5.31. The first kappa shape index (κ1) is 17.1. The minimum absolute atomic E-state index is 0.0937. The number of Topliss-reactive ketones (excluding diaryl/α,β-unsaturated/α-hetero) is 1. The van der Waals surface area contributed by atoms with Gasteiger partial charge in [-0.2, -0.15) is 0 Å². The third-order valence-corrected chi connectivity index (χ3v) is 5.16. The van der Waals surface area contributed by atoms with Crippen molar-refractivity contribution in [3.63, 3.8) is 0 Å². The van der Waals surface area contributed by atoms with Crippen molar-refractivity contribution in [1.82, 2.24) is 4.90 Å². The first-order valence-electron chi connectivity index (χ1n) is 8.05. The number of benzene rings is 2. The van der Waals surface area contributed by atoms with Crippen molar-refractivity contribution in [2.45, 2.75) is 13.5 Å². The van der Waals surface area contributed by atoms with Crippen LogP contribution in [0.2, 0.25) is 0 Å². The molecule has 126 valence electrons. The molecule has 1 aliphatic rings. The number of carbonyl (C=O) groups is 1. The second kappa shape index (κ2) is 7.45. The largest absolute Gasteiger partial charge is 0.369 e. The highest BCUT2D eigenvalue weighted by Crippen LogP contribution is 2.22. The van der Waals surface area contributed by atoms with Crippen molar-refractivity contribution in [2.75, 3.05) is 31.1 Å². The lowest BCUT2D eigenvalue weighted by Gasteiger charge is -2.36. The summed E-state index contributed by atoms with van der Waals surface area (Å²) in [5, 5.41) is 0. The average Bonchev–Trinajstić information content (AvgIpc) is 2.58. The zero-order chi connectivity index (χ0) is 17.1. The van der Waals surface area contributed by atoms with Crippen molar-refractivity contribution < 1.29 is 9.18 Å². The van der Waals surface area contributed by atoms with Gasteiger partial charge in [-0.1, -0.05) is 22.0 Å². The molecule has 0 spiro atoms. The Labute approximate surface area is 150 Å². The quantitative estimate of drug-likeness (QED) is 0.733. The molecule has 1 heterocycles. The predicted octanol–water partition coefficient (Wildman–Crippen LogP) is 4.11. The molecule has 0 bridgehead atoms. The summed E-state index contributed by atoms with van der Waals surface area (Å²) >= 11 is 3.44. The van der Waals surface area contributed by atoms with Crippen LogP contribution in [0.4, 0.5) is 10.1 Å². The van der Waals surface area contributed by atoms with E-state index >= 15 is 0 Å². The number of ketones is 1. The molecule has 1 fully saturated rings. The van der Waals surface area contributed by atoms with Gasteiger partial charge in [-0.05, 0) is 48.9 Å². The monoisotopic (exact) mass is 390 g/mol. The van der Waals surface area contributed by atoms with Gasteiger partial charge >= 0.3 is 0 Å². The van der Waals surface area contributed by atoms with Gasteiger partial charge in [-0.25, -0.2) is 4.39 Å². The van der Waals surface area contributed by atoms with Gasteiger partial charge in [-0.15, -0.1) is 0 Å². The number of halogens is 2. The van der Waals surface area contributed by atoms with E-state index < -0.39 is 0 Å². The van der Waals surface area contributed by atoms with E-state index in [9.17, 15) is 9.18 Å². The standard InChI is InChI=1S/C19H20BrFN2O/c1-14(24)15-3-6-18(7-4-15)23-10-8-22(9-11-23)13-16-2-5-17(21)12-19(16)20/h2-7,12H,8-11,13H2,1H3. The first-order chi connectivity index (χ1) is 11.5. The summed E-state index contributed by atoms with van der Waals surface area (Å²) in [6.45, 7) is 6.20. The Morgan fingerprint density at radius 3 is 2.33 bits per heavy atom. The third-order valence-electron chi connectivity index (χ3n) is 4.42. The highest BCUT2D eigenvalue weighted by atomic mass is 79.9. The third kappa shape index (κ3) is 4.02. The Bertz CT molecular complexity index is 725. The average molecular weight is 391 g/mol. The van der Waals surface area contributed by atoms with Crippen LogP contribution in [0.25, 0.3) is 0 Å². The molecule has 3 rings (SSSR count). The number of carbonyl (C=O) groups excluding carboxylic acids is 1. The normalized spacial score (nSPS) is 15.5. The van der Waals surface area contributed by atoms with E-state index in [4.69, 9.17) is 0 Å².